The van der Waals surface area contributed by atoms with Crippen molar-refractivity contribution in [2.45, 2.75) is 50.5 Å². The summed E-state index contributed by atoms with van der Waals surface area (Å²) < 4.78 is 8.73. The summed E-state index contributed by atoms with van der Waals surface area (Å²) in [7, 11) is 0. The van der Waals surface area contributed by atoms with Crippen LogP contribution >= 0.6 is 0 Å². The molecule has 3 nitrogen and oxygen atoms in total. The predicted molar refractivity (Wildman–Crippen MR) is 231 cm³/mol. The number of para-hydroxylation sites is 3. The number of aryl methyl sites for hydroxylation is 1. The Morgan fingerprint density at radius 1 is 0.727 bits per heavy atom. The van der Waals surface area contributed by atoms with E-state index in [4.69, 9.17) is 4.42 Å². The molecule has 4 aliphatic carbocycles. The molecule has 0 amide bonds. The highest BCUT2D eigenvalue weighted by molar-refractivity contribution is 6.11. The van der Waals surface area contributed by atoms with Crippen LogP contribution in [-0.4, -0.2) is 10.6 Å². The lowest BCUT2D eigenvalue weighted by molar-refractivity contribution is 0.546. The van der Waals surface area contributed by atoms with E-state index in [-0.39, 0.29) is 6.04 Å². The molecule has 55 heavy (non-hydrogen) atoms. The molecule has 3 heteroatoms. The van der Waals surface area contributed by atoms with Gasteiger partial charge in [-0.2, -0.15) is 0 Å². The molecule has 0 aliphatic heterocycles. The van der Waals surface area contributed by atoms with Crippen LogP contribution in [0.1, 0.15) is 60.5 Å². The van der Waals surface area contributed by atoms with Gasteiger partial charge in [-0.1, -0.05) is 127 Å². The molecule has 266 valence electrons. The van der Waals surface area contributed by atoms with Crippen LogP contribution in [0.3, 0.4) is 0 Å². The minimum atomic E-state index is 0.172. The van der Waals surface area contributed by atoms with Gasteiger partial charge in [0.05, 0.1) is 11.6 Å². The summed E-state index contributed by atoms with van der Waals surface area (Å²) in [6.07, 6.45) is 29.4. The summed E-state index contributed by atoms with van der Waals surface area (Å²) >= 11 is 0. The topological polar surface area (TPSA) is 21.3 Å². The Hall–Kier alpha value is -6.32. The molecule has 2 heterocycles. The minimum absolute atomic E-state index is 0.172. The van der Waals surface area contributed by atoms with Crippen LogP contribution in [0.25, 0.3) is 62.1 Å². The van der Waals surface area contributed by atoms with Crippen LogP contribution in [0.2, 0.25) is 0 Å². The average molecular weight is 711 g/mol. The van der Waals surface area contributed by atoms with Crippen molar-refractivity contribution in [1.82, 2.24) is 4.57 Å². The second-order valence-electron chi connectivity index (χ2n) is 15.3. The predicted octanol–water partition coefficient (Wildman–Crippen LogP) is 11.7. The van der Waals surface area contributed by atoms with Crippen molar-refractivity contribution in [1.29, 1.82) is 0 Å². The summed E-state index contributed by atoms with van der Waals surface area (Å²) in [6.45, 7) is 0. The molecule has 4 aliphatic rings. The average Bonchev–Trinajstić information content (AvgIpc) is 3.81. The third-order valence-electron chi connectivity index (χ3n) is 12.2. The standard InChI is InChI=1S/C52H42N2O/c1-3-13-36(14-4-1)42-17-7-10-20-47(42)53(41-29-31-49-46(34-41)44-18-8-11-21-48(44)54(49)39-15-5-2-6-16-39)40-27-23-35(24-28-40)37-25-30-43-38(33-37)26-32-51-52(43)45-19-9-12-22-50(45)55-51/h1-11,13,15-21,23,25-27,30-34,36,41H,12,14,22,24,28-29H2. The number of rotatable bonds is 6. The SMILES string of the molecule is C1=CCC(c2ccccc2N(C2=CC=C(c3ccc4c(ccc5oc6c(c54)C=CCC6)c3)CC2)C2C=c3c(n(-c4ccccc4)c4ccccc34)=CC2)C=C1. The Morgan fingerprint density at radius 2 is 1.62 bits per heavy atom. The first-order valence-electron chi connectivity index (χ1n) is 19.9. The molecule has 2 aromatic heterocycles. The van der Waals surface area contributed by atoms with Crippen molar-refractivity contribution in [2.24, 2.45) is 0 Å². The van der Waals surface area contributed by atoms with Crippen molar-refractivity contribution >= 4 is 62.1 Å². The molecular formula is C52H42N2O. The molecule has 2 unspecified atom stereocenters. The van der Waals surface area contributed by atoms with Gasteiger partial charge in [0.25, 0.3) is 0 Å². The molecule has 0 radical (unpaired) electrons. The normalized spacial score (nSPS) is 18.8. The monoisotopic (exact) mass is 710 g/mol. The maximum Gasteiger partial charge on any atom is 0.135 e. The first kappa shape index (κ1) is 32.1. The van der Waals surface area contributed by atoms with Gasteiger partial charge >= 0.3 is 0 Å². The van der Waals surface area contributed by atoms with Crippen molar-refractivity contribution < 1.29 is 4.42 Å². The number of anilines is 1. The highest BCUT2D eigenvalue weighted by atomic mass is 16.3. The zero-order chi connectivity index (χ0) is 36.3. The minimum Gasteiger partial charge on any atom is -0.460 e. The van der Waals surface area contributed by atoms with Crippen molar-refractivity contribution in [3.05, 3.63) is 190 Å². The largest absolute Gasteiger partial charge is 0.460 e. The fourth-order valence-corrected chi connectivity index (χ4v) is 9.61. The summed E-state index contributed by atoms with van der Waals surface area (Å²) in [5.41, 5.74) is 11.5. The van der Waals surface area contributed by atoms with E-state index in [1.165, 1.54) is 77.0 Å². The quantitative estimate of drug-likeness (QED) is 0.171. The van der Waals surface area contributed by atoms with Crippen LogP contribution in [-0.2, 0) is 6.42 Å². The van der Waals surface area contributed by atoms with Gasteiger partial charge in [-0.25, -0.2) is 0 Å². The van der Waals surface area contributed by atoms with E-state index in [2.05, 4.69) is 179 Å². The van der Waals surface area contributed by atoms with Gasteiger partial charge < -0.3 is 13.9 Å². The summed E-state index contributed by atoms with van der Waals surface area (Å²) in [5.74, 6) is 1.47. The smallest absolute Gasteiger partial charge is 0.135 e. The summed E-state index contributed by atoms with van der Waals surface area (Å²) in [5, 5.41) is 7.71. The number of hydrogen-bond donors (Lipinski definition) is 0. The number of allylic oxidation sites excluding steroid dienone is 9. The Labute approximate surface area is 321 Å². The number of furan rings is 1. The lowest BCUT2D eigenvalue weighted by Crippen LogP contribution is -2.41. The number of benzene rings is 5. The molecule has 0 N–H and O–H groups in total. The van der Waals surface area contributed by atoms with E-state index in [1.807, 2.05) is 0 Å². The molecule has 2 atom stereocenters. The van der Waals surface area contributed by atoms with E-state index in [9.17, 15) is 0 Å². The van der Waals surface area contributed by atoms with Crippen LogP contribution in [0, 0.1) is 0 Å². The van der Waals surface area contributed by atoms with Crippen molar-refractivity contribution in [3.8, 4) is 5.69 Å². The van der Waals surface area contributed by atoms with Gasteiger partial charge in [0.15, 0.2) is 0 Å². The molecule has 11 rings (SSSR count). The molecule has 0 spiro atoms. The van der Waals surface area contributed by atoms with Gasteiger partial charge in [0, 0.05) is 56.3 Å². The fourth-order valence-electron chi connectivity index (χ4n) is 9.61. The maximum absolute atomic E-state index is 6.29. The molecule has 0 fully saturated rings. The molecular weight excluding hydrogens is 669 g/mol. The van der Waals surface area contributed by atoms with E-state index in [1.54, 1.807) is 0 Å². The van der Waals surface area contributed by atoms with E-state index < -0.39 is 0 Å². The van der Waals surface area contributed by atoms with Crippen LogP contribution in [0.5, 0.6) is 0 Å². The number of nitrogens with zero attached hydrogens (tertiary/aromatic N) is 2. The van der Waals surface area contributed by atoms with Crippen molar-refractivity contribution in [3.63, 3.8) is 0 Å². The van der Waals surface area contributed by atoms with Crippen molar-refractivity contribution in [2.75, 3.05) is 4.90 Å². The highest BCUT2D eigenvalue weighted by Crippen LogP contribution is 2.41. The van der Waals surface area contributed by atoms with E-state index >= 15 is 0 Å². The molecule has 0 bridgehead atoms. The van der Waals surface area contributed by atoms with Gasteiger partial charge in [-0.3, -0.25) is 0 Å². The second kappa shape index (κ2) is 13.2. The molecule has 0 saturated carbocycles. The van der Waals surface area contributed by atoms with Crippen LogP contribution < -0.4 is 15.5 Å². The number of fused-ring (bicyclic) bond motifs is 8. The highest BCUT2D eigenvalue weighted by Gasteiger charge is 2.28. The maximum atomic E-state index is 6.29. The zero-order valence-electron chi connectivity index (χ0n) is 30.9. The zero-order valence-corrected chi connectivity index (χ0v) is 30.9. The summed E-state index contributed by atoms with van der Waals surface area (Å²) in [6, 6.07) is 40.4. The lowest BCUT2D eigenvalue weighted by atomic mass is 9.88. The first-order valence-corrected chi connectivity index (χ1v) is 19.9. The number of hydrogen-bond acceptors (Lipinski definition) is 2. The first-order chi connectivity index (χ1) is 27.3. The molecule has 7 aromatic rings. The fraction of sp³-hybridized carbons (Fsp3) is 0.154. The molecule has 0 saturated heterocycles. The Balaban J connectivity index is 1.03. The van der Waals surface area contributed by atoms with Gasteiger partial charge in [0.1, 0.15) is 11.3 Å². The Bertz CT molecular complexity index is 2950. The number of aromatic nitrogens is 1. The Kier molecular flexibility index (Phi) is 7.72. The van der Waals surface area contributed by atoms with Crippen LogP contribution in [0.15, 0.2) is 162 Å². The van der Waals surface area contributed by atoms with Crippen LogP contribution in [0.4, 0.5) is 5.69 Å². The van der Waals surface area contributed by atoms with E-state index in [0.717, 1.165) is 49.9 Å². The van der Waals surface area contributed by atoms with Gasteiger partial charge in [0.2, 0.25) is 0 Å². The molecule has 5 aromatic carbocycles. The van der Waals surface area contributed by atoms with Gasteiger partial charge in [-0.15, -0.1) is 0 Å². The van der Waals surface area contributed by atoms with Gasteiger partial charge in [-0.05, 0) is 102 Å². The summed E-state index contributed by atoms with van der Waals surface area (Å²) in [4.78, 5) is 2.68. The second-order valence-corrected chi connectivity index (χ2v) is 15.3. The van der Waals surface area contributed by atoms with E-state index in [0.29, 0.717) is 5.92 Å². The third-order valence-corrected chi connectivity index (χ3v) is 12.2. The lowest BCUT2D eigenvalue weighted by Gasteiger charge is -2.38. The Morgan fingerprint density at radius 3 is 2.51 bits per heavy atom. The third kappa shape index (κ3) is 5.40.